The third kappa shape index (κ3) is 3.22. The van der Waals surface area contributed by atoms with Gasteiger partial charge in [0.05, 0.1) is 0 Å². The minimum Gasteiger partial charge on any atom is -0.325 e. The van der Waals surface area contributed by atoms with Crippen molar-refractivity contribution in [1.29, 1.82) is 0 Å². The molecule has 3 nitrogen and oxygen atoms in total. The van der Waals surface area contributed by atoms with Gasteiger partial charge in [0.15, 0.2) is 0 Å². The van der Waals surface area contributed by atoms with Crippen molar-refractivity contribution in [3.05, 3.63) is 29.8 Å². The molecule has 0 aromatic heterocycles. The second kappa shape index (κ2) is 5.21. The number of amides is 2. The van der Waals surface area contributed by atoms with Crippen LogP contribution in [0.15, 0.2) is 24.3 Å². The topological polar surface area (TPSA) is 32.3 Å². The summed E-state index contributed by atoms with van der Waals surface area (Å²) >= 11 is 0. The number of nitrogens with one attached hydrogen (secondary N) is 1. The van der Waals surface area contributed by atoms with Gasteiger partial charge < -0.3 is 10.2 Å². The molecule has 92 valence electrons. The summed E-state index contributed by atoms with van der Waals surface area (Å²) in [5, 5.41) is 2.95. The van der Waals surface area contributed by atoms with Crippen molar-refractivity contribution in [3.63, 3.8) is 0 Å². The molecule has 17 heavy (non-hydrogen) atoms. The molecule has 2 amide bonds. The molecule has 1 N–H and O–H groups in total. The molecule has 0 saturated carbocycles. The number of carbonyl (C=O) groups is 1. The Labute approximate surface area is 103 Å². The minimum atomic E-state index is 0.0301. The van der Waals surface area contributed by atoms with Crippen molar-refractivity contribution in [1.82, 2.24) is 4.90 Å². The van der Waals surface area contributed by atoms with Gasteiger partial charge in [0.25, 0.3) is 0 Å². The summed E-state index contributed by atoms with van der Waals surface area (Å²) in [6, 6.07) is 7.94. The van der Waals surface area contributed by atoms with E-state index in [1.807, 2.05) is 36.1 Å². The molecule has 1 heterocycles. The maximum Gasteiger partial charge on any atom is 0.321 e. The number of hydrogen-bond acceptors (Lipinski definition) is 1. The highest BCUT2D eigenvalue weighted by Gasteiger charge is 2.19. The monoisotopic (exact) mass is 232 g/mol. The van der Waals surface area contributed by atoms with E-state index in [4.69, 9.17) is 0 Å². The number of piperidine rings is 1. The first kappa shape index (κ1) is 12.0. The summed E-state index contributed by atoms with van der Waals surface area (Å²) in [5.74, 6) is 0.748. The highest BCUT2D eigenvalue weighted by atomic mass is 16.2. The highest BCUT2D eigenvalue weighted by molar-refractivity contribution is 5.89. The van der Waals surface area contributed by atoms with Gasteiger partial charge in [-0.15, -0.1) is 0 Å². The number of hydrogen-bond donors (Lipinski definition) is 1. The predicted octanol–water partition coefficient (Wildman–Crippen LogP) is 3.26. The quantitative estimate of drug-likeness (QED) is 0.792. The van der Waals surface area contributed by atoms with E-state index in [2.05, 4.69) is 12.2 Å². The Bertz CT molecular complexity index is 395. The zero-order valence-corrected chi connectivity index (χ0v) is 10.6. The lowest BCUT2D eigenvalue weighted by Crippen LogP contribution is -2.40. The third-order valence-corrected chi connectivity index (χ3v) is 3.34. The van der Waals surface area contributed by atoms with E-state index in [1.54, 1.807) is 0 Å². The summed E-state index contributed by atoms with van der Waals surface area (Å²) in [6.45, 7) is 6.02. The van der Waals surface area contributed by atoms with Gasteiger partial charge >= 0.3 is 6.03 Å². The average molecular weight is 232 g/mol. The Morgan fingerprint density at radius 3 is 2.71 bits per heavy atom. The Kier molecular flexibility index (Phi) is 3.67. The summed E-state index contributed by atoms with van der Waals surface area (Å²) in [7, 11) is 0. The maximum absolute atomic E-state index is 12.0. The molecule has 3 heteroatoms. The van der Waals surface area contributed by atoms with Crippen molar-refractivity contribution in [3.8, 4) is 0 Å². The van der Waals surface area contributed by atoms with Crippen LogP contribution in [0.1, 0.15) is 25.3 Å². The third-order valence-electron chi connectivity index (χ3n) is 3.34. The van der Waals surface area contributed by atoms with Gasteiger partial charge in [-0.05, 0) is 43.4 Å². The molecule has 1 aromatic carbocycles. The fourth-order valence-electron chi connectivity index (χ4n) is 2.14. The lowest BCUT2D eigenvalue weighted by Gasteiger charge is -2.30. The van der Waals surface area contributed by atoms with E-state index in [0.717, 1.165) is 43.1 Å². The molecule has 1 aliphatic rings. The highest BCUT2D eigenvalue weighted by Crippen LogP contribution is 2.17. The molecule has 0 spiro atoms. The average Bonchev–Trinajstić information content (AvgIpc) is 2.29. The molecule has 1 aromatic rings. The molecule has 1 saturated heterocycles. The van der Waals surface area contributed by atoms with Gasteiger partial charge in [-0.1, -0.05) is 19.1 Å². The first-order valence-electron chi connectivity index (χ1n) is 6.28. The summed E-state index contributed by atoms with van der Waals surface area (Å²) in [6.07, 6.45) is 2.22. The van der Waals surface area contributed by atoms with Crippen LogP contribution < -0.4 is 5.32 Å². The molecular formula is C14H20N2O. The van der Waals surface area contributed by atoms with Crippen molar-refractivity contribution < 1.29 is 4.79 Å². The van der Waals surface area contributed by atoms with Crippen LogP contribution in [0.5, 0.6) is 0 Å². The molecule has 0 aliphatic carbocycles. The van der Waals surface area contributed by atoms with E-state index in [9.17, 15) is 4.79 Å². The van der Waals surface area contributed by atoms with Crippen LogP contribution in [-0.2, 0) is 0 Å². The van der Waals surface area contributed by atoms with E-state index in [1.165, 1.54) is 0 Å². The zero-order valence-electron chi connectivity index (χ0n) is 10.6. The Morgan fingerprint density at radius 2 is 2.06 bits per heavy atom. The van der Waals surface area contributed by atoms with Crippen LogP contribution in [0, 0.1) is 12.8 Å². The summed E-state index contributed by atoms with van der Waals surface area (Å²) in [4.78, 5) is 13.9. The number of urea groups is 1. The Hall–Kier alpha value is -1.51. The van der Waals surface area contributed by atoms with E-state index < -0.39 is 0 Å². The zero-order chi connectivity index (χ0) is 12.3. The second-order valence-electron chi connectivity index (χ2n) is 4.97. The molecule has 0 atom stereocenters. The van der Waals surface area contributed by atoms with Crippen LogP contribution in [0.4, 0.5) is 10.5 Å². The number of anilines is 1. The number of nitrogens with zero attached hydrogens (tertiary/aromatic N) is 1. The number of aryl methyl sites for hydroxylation is 1. The molecule has 0 bridgehead atoms. The number of carbonyl (C=O) groups excluding carboxylic acids is 1. The van der Waals surface area contributed by atoms with Crippen molar-refractivity contribution >= 4 is 11.7 Å². The van der Waals surface area contributed by atoms with Gasteiger partial charge in [0, 0.05) is 18.8 Å². The van der Waals surface area contributed by atoms with Gasteiger partial charge in [-0.25, -0.2) is 4.79 Å². The first-order valence-corrected chi connectivity index (χ1v) is 6.28. The molecule has 0 unspecified atom stereocenters. The van der Waals surface area contributed by atoms with Gasteiger partial charge in [-0.3, -0.25) is 0 Å². The SMILES string of the molecule is Cc1cccc(NC(=O)N2CCC(C)CC2)c1. The minimum absolute atomic E-state index is 0.0301. The van der Waals surface area contributed by atoms with Crippen LogP contribution in [0.3, 0.4) is 0 Å². The second-order valence-corrected chi connectivity index (χ2v) is 4.97. The Morgan fingerprint density at radius 1 is 1.35 bits per heavy atom. The van der Waals surface area contributed by atoms with Crippen LogP contribution in [0.2, 0.25) is 0 Å². The summed E-state index contributed by atoms with van der Waals surface area (Å²) in [5.41, 5.74) is 2.05. The maximum atomic E-state index is 12.0. The lowest BCUT2D eigenvalue weighted by atomic mass is 10.00. The fraction of sp³-hybridized carbons (Fsp3) is 0.500. The van der Waals surface area contributed by atoms with Gasteiger partial charge in [-0.2, -0.15) is 0 Å². The normalized spacial score (nSPS) is 16.9. The number of benzene rings is 1. The fourth-order valence-corrected chi connectivity index (χ4v) is 2.14. The van der Waals surface area contributed by atoms with E-state index in [-0.39, 0.29) is 6.03 Å². The number of likely N-dealkylation sites (tertiary alicyclic amines) is 1. The van der Waals surface area contributed by atoms with E-state index in [0.29, 0.717) is 0 Å². The molecule has 0 radical (unpaired) electrons. The van der Waals surface area contributed by atoms with Crippen LogP contribution >= 0.6 is 0 Å². The predicted molar refractivity (Wildman–Crippen MR) is 70.2 cm³/mol. The van der Waals surface area contributed by atoms with Gasteiger partial charge in [0.2, 0.25) is 0 Å². The lowest BCUT2D eigenvalue weighted by molar-refractivity contribution is 0.186. The Balaban J connectivity index is 1.93. The first-order chi connectivity index (χ1) is 8.15. The van der Waals surface area contributed by atoms with Gasteiger partial charge in [0.1, 0.15) is 0 Å². The van der Waals surface area contributed by atoms with Crippen molar-refractivity contribution in [2.75, 3.05) is 18.4 Å². The largest absolute Gasteiger partial charge is 0.325 e. The van der Waals surface area contributed by atoms with E-state index >= 15 is 0 Å². The molecule has 1 aliphatic heterocycles. The molecule has 1 fully saturated rings. The molecule has 2 rings (SSSR count). The van der Waals surface area contributed by atoms with Crippen LogP contribution in [-0.4, -0.2) is 24.0 Å². The molecular weight excluding hydrogens is 212 g/mol. The van der Waals surface area contributed by atoms with Crippen molar-refractivity contribution in [2.45, 2.75) is 26.7 Å². The van der Waals surface area contributed by atoms with Crippen LogP contribution in [0.25, 0.3) is 0 Å². The number of rotatable bonds is 1. The summed E-state index contributed by atoms with van der Waals surface area (Å²) < 4.78 is 0. The van der Waals surface area contributed by atoms with Crippen molar-refractivity contribution in [2.24, 2.45) is 5.92 Å². The standard InChI is InChI=1S/C14H20N2O/c1-11-6-8-16(9-7-11)14(17)15-13-5-3-4-12(2)10-13/h3-5,10-11H,6-9H2,1-2H3,(H,15,17). The smallest absolute Gasteiger partial charge is 0.321 e.